The number of rotatable bonds is 5. The van der Waals surface area contributed by atoms with Gasteiger partial charge in [-0.3, -0.25) is 0 Å². The van der Waals surface area contributed by atoms with E-state index < -0.39 is 0 Å². The van der Waals surface area contributed by atoms with Crippen LogP contribution in [0.1, 0.15) is 0 Å². The molecule has 0 aromatic heterocycles. The van der Waals surface area contributed by atoms with Gasteiger partial charge in [0.15, 0.2) is 0 Å². The van der Waals surface area contributed by atoms with Gasteiger partial charge < -0.3 is 20.9 Å². The highest BCUT2D eigenvalue weighted by Crippen LogP contribution is 1.87. The monoisotopic (exact) mass is 148 g/mol. The van der Waals surface area contributed by atoms with Crippen LogP contribution in [-0.2, 0) is 9.47 Å². The lowest BCUT2D eigenvalue weighted by molar-refractivity contribution is 0.130. The van der Waals surface area contributed by atoms with Crippen molar-refractivity contribution in [2.24, 2.45) is 11.5 Å². The average Bonchev–Trinajstić information content (AvgIpc) is 1.89. The molecule has 0 spiro atoms. The molecule has 0 aliphatic rings. The van der Waals surface area contributed by atoms with Crippen molar-refractivity contribution in [3.63, 3.8) is 0 Å². The molecule has 0 saturated carbocycles. The lowest BCUT2D eigenvalue weighted by atomic mass is 10.2. The number of ether oxygens (including phenoxy) is 2. The maximum Gasteiger partial charge on any atom is 0.0629 e. The van der Waals surface area contributed by atoms with Gasteiger partial charge in [0.25, 0.3) is 0 Å². The van der Waals surface area contributed by atoms with Crippen molar-refractivity contribution >= 4 is 0 Å². The minimum Gasteiger partial charge on any atom is -0.383 e. The van der Waals surface area contributed by atoms with E-state index in [2.05, 4.69) is 0 Å². The fraction of sp³-hybridized carbons (Fsp3) is 1.00. The van der Waals surface area contributed by atoms with Crippen LogP contribution in [0.4, 0.5) is 0 Å². The van der Waals surface area contributed by atoms with Gasteiger partial charge in [-0.2, -0.15) is 0 Å². The van der Waals surface area contributed by atoms with Crippen molar-refractivity contribution in [1.29, 1.82) is 0 Å². The normalized spacial score (nSPS) is 16.8. The van der Waals surface area contributed by atoms with Crippen LogP contribution in [-0.4, -0.2) is 39.5 Å². The molecule has 4 N–H and O–H groups in total. The van der Waals surface area contributed by atoms with E-state index in [4.69, 9.17) is 20.9 Å². The molecule has 0 aromatic carbocycles. The summed E-state index contributed by atoms with van der Waals surface area (Å²) in [5.74, 6) is 0. The van der Waals surface area contributed by atoms with Crippen molar-refractivity contribution in [2.45, 2.75) is 12.1 Å². The number of nitrogens with two attached hydrogens (primary N) is 2. The minimum absolute atomic E-state index is 0.134. The lowest BCUT2D eigenvalue weighted by Gasteiger charge is -2.17. The lowest BCUT2D eigenvalue weighted by Crippen LogP contribution is -2.47. The van der Waals surface area contributed by atoms with E-state index in [9.17, 15) is 0 Å². The minimum atomic E-state index is -0.134. The Morgan fingerprint density at radius 2 is 1.30 bits per heavy atom. The maximum atomic E-state index is 5.58. The quantitative estimate of drug-likeness (QED) is 0.521. The molecule has 0 aliphatic heterocycles. The van der Waals surface area contributed by atoms with Gasteiger partial charge in [0.1, 0.15) is 0 Å². The largest absolute Gasteiger partial charge is 0.383 e. The van der Waals surface area contributed by atoms with Crippen LogP contribution in [0.2, 0.25) is 0 Å². The smallest absolute Gasteiger partial charge is 0.0629 e. The number of hydrogen-bond acceptors (Lipinski definition) is 4. The molecule has 0 radical (unpaired) electrons. The van der Waals surface area contributed by atoms with Gasteiger partial charge in [0, 0.05) is 26.3 Å². The highest BCUT2D eigenvalue weighted by molar-refractivity contribution is 4.74. The molecular formula is C6H16N2O2. The van der Waals surface area contributed by atoms with Crippen molar-refractivity contribution in [1.82, 2.24) is 0 Å². The second-order valence-corrected chi connectivity index (χ2v) is 2.24. The predicted octanol–water partition coefficient (Wildman–Crippen LogP) is -1.07. The zero-order valence-electron chi connectivity index (χ0n) is 6.54. The van der Waals surface area contributed by atoms with Gasteiger partial charge in [-0.1, -0.05) is 0 Å². The predicted molar refractivity (Wildman–Crippen MR) is 39.7 cm³/mol. The van der Waals surface area contributed by atoms with Crippen molar-refractivity contribution in [3.05, 3.63) is 0 Å². The fourth-order valence-electron chi connectivity index (χ4n) is 0.632. The number of methoxy groups -OCH3 is 2. The molecule has 0 amide bonds. The standard InChI is InChI=1S/C6H16N2O2/c1-9-3-5(7)6(8)4-10-2/h5-6H,3-4,7-8H2,1-2H3. The summed E-state index contributed by atoms with van der Waals surface area (Å²) in [6, 6.07) is -0.269. The van der Waals surface area contributed by atoms with Gasteiger partial charge in [0.05, 0.1) is 13.2 Å². The van der Waals surface area contributed by atoms with Crippen LogP contribution >= 0.6 is 0 Å². The van der Waals surface area contributed by atoms with Crippen LogP contribution in [0.15, 0.2) is 0 Å². The molecule has 0 aromatic rings. The Morgan fingerprint density at radius 3 is 1.50 bits per heavy atom. The summed E-state index contributed by atoms with van der Waals surface area (Å²) in [7, 11) is 3.19. The summed E-state index contributed by atoms with van der Waals surface area (Å²) in [4.78, 5) is 0. The van der Waals surface area contributed by atoms with E-state index in [0.717, 1.165) is 0 Å². The second kappa shape index (κ2) is 5.61. The van der Waals surface area contributed by atoms with Gasteiger partial charge in [-0.05, 0) is 0 Å². The highest BCUT2D eigenvalue weighted by Gasteiger charge is 2.11. The first-order valence-electron chi connectivity index (χ1n) is 3.21. The van der Waals surface area contributed by atoms with Crippen LogP contribution in [0.5, 0.6) is 0 Å². The first kappa shape index (κ1) is 9.84. The molecule has 4 nitrogen and oxygen atoms in total. The van der Waals surface area contributed by atoms with Crippen molar-refractivity contribution < 1.29 is 9.47 Å². The van der Waals surface area contributed by atoms with Gasteiger partial charge >= 0.3 is 0 Å². The highest BCUT2D eigenvalue weighted by atomic mass is 16.5. The van der Waals surface area contributed by atoms with Crippen LogP contribution < -0.4 is 11.5 Å². The van der Waals surface area contributed by atoms with E-state index in [1.807, 2.05) is 0 Å². The second-order valence-electron chi connectivity index (χ2n) is 2.24. The Balaban J connectivity index is 3.38. The summed E-state index contributed by atoms with van der Waals surface area (Å²) in [5.41, 5.74) is 11.2. The molecule has 0 rings (SSSR count). The van der Waals surface area contributed by atoms with Crippen molar-refractivity contribution in [2.75, 3.05) is 27.4 Å². The number of hydrogen-bond donors (Lipinski definition) is 2. The molecule has 2 atom stereocenters. The van der Waals surface area contributed by atoms with Gasteiger partial charge in [0.2, 0.25) is 0 Å². The average molecular weight is 148 g/mol. The third kappa shape index (κ3) is 3.79. The van der Waals surface area contributed by atoms with E-state index in [1.54, 1.807) is 14.2 Å². The summed E-state index contributed by atoms with van der Waals surface area (Å²) in [6.45, 7) is 0.953. The van der Waals surface area contributed by atoms with E-state index in [-0.39, 0.29) is 12.1 Å². The Kier molecular flexibility index (Phi) is 5.52. The Labute approximate surface area is 61.5 Å². The third-order valence-electron chi connectivity index (χ3n) is 1.27. The van der Waals surface area contributed by atoms with E-state index >= 15 is 0 Å². The van der Waals surface area contributed by atoms with Crippen LogP contribution in [0.25, 0.3) is 0 Å². The SMILES string of the molecule is COCC(N)C(N)COC. The first-order chi connectivity index (χ1) is 4.72. The molecule has 62 valence electrons. The Morgan fingerprint density at radius 1 is 1.00 bits per heavy atom. The Bertz CT molecular complexity index is 70.1. The van der Waals surface area contributed by atoms with Crippen LogP contribution in [0.3, 0.4) is 0 Å². The zero-order valence-corrected chi connectivity index (χ0v) is 6.54. The molecule has 0 heterocycles. The molecule has 0 saturated heterocycles. The van der Waals surface area contributed by atoms with Gasteiger partial charge in [-0.25, -0.2) is 0 Å². The molecule has 0 fully saturated rings. The third-order valence-corrected chi connectivity index (χ3v) is 1.27. The molecule has 10 heavy (non-hydrogen) atoms. The molecule has 4 heteroatoms. The molecule has 2 unspecified atom stereocenters. The molecule has 0 bridgehead atoms. The maximum absolute atomic E-state index is 5.58. The van der Waals surface area contributed by atoms with E-state index in [1.165, 1.54) is 0 Å². The summed E-state index contributed by atoms with van der Waals surface area (Å²) < 4.78 is 9.62. The summed E-state index contributed by atoms with van der Waals surface area (Å²) in [6.07, 6.45) is 0. The molecular weight excluding hydrogens is 132 g/mol. The summed E-state index contributed by atoms with van der Waals surface area (Å²) in [5, 5.41) is 0. The van der Waals surface area contributed by atoms with Gasteiger partial charge in [-0.15, -0.1) is 0 Å². The zero-order chi connectivity index (χ0) is 7.98. The van der Waals surface area contributed by atoms with E-state index in [0.29, 0.717) is 13.2 Å². The topological polar surface area (TPSA) is 70.5 Å². The summed E-state index contributed by atoms with van der Waals surface area (Å²) >= 11 is 0. The Hall–Kier alpha value is -0.160. The first-order valence-corrected chi connectivity index (χ1v) is 3.21. The molecule has 0 aliphatic carbocycles. The van der Waals surface area contributed by atoms with Crippen LogP contribution in [0, 0.1) is 0 Å². The fourth-order valence-corrected chi connectivity index (χ4v) is 0.632. The van der Waals surface area contributed by atoms with Crippen molar-refractivity contribution in [3.8, 4) is 0 Å².